The highest BCUT2D eigenvalue weighted by molar-refractivity contribution is 5.81. The molecule has 6 heteroatoms. The molecule has 2 N–H and O–H groups in total. The van der Waals surface area contributed by atoms with Crippen LogP contribution in [0.3, 0.4) is 0 Å². The van der Waals surface area contributed by atoms with Crippen molar-refractivity contribution in [2.24, 2.45) is 5.92 Å². The summed E-state index contributed by atoms with van der Waals surface area (Å²) in [5.41, 5.74) is 3.11. The van der Waals surface area contributed by atoms with Crippen LogP contribution in [0.5, 0.6) is 0 Å². The van der Waals surface area contributed by atoms with Crippen LogP contribution >= 0.6 is 0 Å². The Morgan fingerprint density at radius 3 is 2.69 bits per heavy atom. The van der Waals surface area contributed by atoms with Crippen molar-refractivity contribution in [3.63, 3.8) is 0 Å². The molecular weight excluding hydrogens is 364 g/mol. The number of aromatic nitrogens is 1. The highest BCUT2D eigenvalue weighted by atomic mass is 16.2. The number of nitrogens with one attached hydrogen (secondary N) is 2. The monoisotopic (exact) mass is 394 g/mol. The van der Waals surface area contributed by atoms with Gasteiger partial charge in [0.05, 0.1) is 24.2 Å². The number of likely N-dealkylation sites (tertiary alicyclic amines) is 1. The molecule has 3 rings (SSSR count). The minimum Gasteiger partial charge on any atom is -0.350 e. The van der Waals surface area contributed by atoms with E-state index in [0.717, 1.165) is 24.1 Å². The van der Waals surface area contributed by atoms with Crippen LogP contribution in [0, 0.1) is 12.8 Å². The molecule has 2 heterocycles. The topological polar surface area (TPSA) is 74.3 Å². The molecule has 0 radical (unpaired) electrons. The number of hydrogen-bond acceptors (Lipinski definition) is 3. The predicted molar refractivity (Wildman–Crippen MR) is 113 cm³/mol. The molecule has 1 aromatic carbocycles. The minimum absolute atomic E-state index is 0.0199. The largest absolute Gasteiger partial charge is 0.350 e. The van der Waals surface area contributed by atoms with Crippen LogP contribution in [0.1, 0.15) is 49.6 Å². The van der Waals surface area contributed by atoms with Gasteiger partial charge >= 0.3 is 6.03 Å². The van der Waals surface area contributed by atoms with Gasteiger partial charge in [-0.15, -0.1) is 0 Å². The predicted octanol–water partition coefficient (Wildman–Crippen LogP) is 3.58. The fraction of sp³-hybridized carbons (Fsp3) is 0.435. The van der Waals surface area contributed by atoms with Gasteiger partial charge in [-0.3, -0.25) is 9.78 Å². The van der Waals surface area contributed by atoms with E-state index in [2.05, 4.69) is 40.7 Å². The van der Waals surface area contributed by atoms with E-state index in [0.29, 0.717) is 13.1 Å². The van der Waals surface area contributed by atoms with Crippen molar-refractivity contribution < 1.29 is 9.59 Å². The molecule has 1 aliphatic rings. The minimum atomic E-state index is -0.224. The third-order valence-corrected chi connectivity index (χ3v) is 5.22. The van der Waals surface area contributed by atoms with Crippen LogP contribution in [0.25, 0.3) is 0 Å². The average molecular weight is 395 g/mol. The Morgan fingerprint density at radius 1 is 1.17 bits per heavy atom. The Balaban J connectivity index is 1.71. The van der Waals surface area contributed by atoms with Crippen molar-refractivity contribution in [1.82, 2.24) is 20.5 Å². The number of urea groups is 1. The van der Waals surface area contributed by atoms with Gasteiger partial charge < -0.3 is 15.5 Å². The molecule has 154 valence electrons. The highest BCUT2D eigenvalue weighted by Gasteiger charge is 2.35. The molecule has 0 bridgehead atoms. The zero-order chi connectivity index (χ0) is 20.8. The van der Waals surface area contributed by atoms with E-state index in [1.54, 1.807) is 6.20 Å². The van der Waals surface area contributed by atoms with E-state index >= 15 is 0 Å². The summed E-state index contributed by atoms with van der Waals surface area (Å²) in [7, 11) is 0. The maximum absolute atomic E-state index is 12.9. The number of hydrogen-bond donors (Lipinski definition) is 2. The van der Waals surface area contributed by atoms with E-state index in [4.69, 9.17) is 0 Å². The lowest BCUT2D eigenvalue weighted by molar-refractivity contribution is -0.127. The fourth-order valence-electron chi connectivity index (χ4n) is 3.79. The first-order valence-electron chi connectivity index (χ1n) is 10.3. The van der Waals surface area contributed by atoms with Crippen molar-refractivity contribution in [1.29, 1.82) is 0 Å². The van der Waals surface area contributed by atoms with Crippen molar-refractivity contribution >= 4 is 11.9 Å². The maximum atomic E-state index is 12.9. The molecule has 2 aromatic rings. The summed E-state index contributed by atoms with van der Waals surface area (Å²) < 4.78 is 0. The Kier molecular flexibility index (Phi) is 6.86. The number of nitrogens with zero attached hydrogens (tertiary/aromatic N) is 2. The molecule has 0 saturated carbocycles. The van der Waals surface area contributed by atoms with Crippen LogP contribution in [0.4, 0.5) is 4.79 Å². The standard InChI is InChI=1S/C23H30N4O2/c1-16(2)26-23(29)27-15-19(22(28)25-14-20-9-4-5-12-24-20)10-11-21(27)18-8-6-7-17(3)13-18/h4-9,12-13,16,19,21H,10-11,14-15H2,1-3H3,(H,25,28)(H,26,29). The Labute approximate surface area is 172 Å². The second kappa shape index (κ2) is 9.54. The first-order valence-corrected chi connectivity index (χ1v) is 10.3. The van der Waals surface area contributed by atoms with Gasteiger partial charge in [0.2, 0.25) is 5.91 Å². The van der Waals surface area contributed by atoms with Crippen LogP contribution < -0.4 is 10.6 Å². The molecule has 2 unspecified atom stereocenters. The number of benzene rings is 1. The lowest BCUT2D eigenvalue weighted by Gasteiger charge is -2.40. The van der Waals surface area contributed by atoms with Crippen LogP contribution in [0.15, 0.2) is 48.7 Å². The van der Waals surface area contributed by atoms with E-state index in [-0.39, 0.29) is 29.9 Å². The molecule has 29 heavy (non-hydrogen) atoms. The van der Waals surface area contributed by atoms with Gasteiger partial charge in [0, 0.05) is 18.8 Å². The van der Waals surface area contributed by atoms with E-state index in [1.807, 2.05) is 43.0 Å². The number of rotatable bonds is 5. The lowest BCUT2D eigenvalue weighted by Crippen LogP contribution is -2.51. The SMILES string of the molecule is Cc1cccc(C2CCC(C(=O)NCc3ccccn3)CN2C(=O)NC(C)C)c1. The van der Waals surface area contributed by atoms with E-state index in [9.17, 15) is 9.59 Å². The molecule has 1 aliphatic heterocycles. The molecule has 0 spiro atoms. The first-order chi connectivity index (χ1) is 13.9. The summed E-state index contributed by atoms with van der Waals surface area (Å²) in [6.45, 7) is 6.75. The van der Waals surface area contributed by atoms with Crippen molar-refractivity contribution in [3.8, 4) is 0 Å². The van der Waals surface area contributed by atoms with Gasteiger partial charge in [-0.25, -0.2) is 4.79 Å². The second-order valence-corrected chi connectivity index (χ2v) is 8.00. The molecule has 3 amide bonds. The Hall–Kier alpha value is -2.89. The summed E-state index contributed by atoms with van der Waals surface area (Å²) in [4.78, 5) is 31.7. The van der Waals surface area contributed by atoms with Crippen molar-refractivity contribution in [3.05, 3.63) is 65.5 Å². The quantitative estimate of drug-likeness (QED) is 0.814. The van der Waals surface area contributed by atoms with E-state index < -0.39 is 0 Å². The molecule has 6 nitrogen and oxygen atoms in total. The smallest absolute Gasteiger partial charge is 0.318 e. The average Bonchev–Trinajstić information content (AvgIpc) is 2.72. The third kappa shape index (κ3) is 5.56. The first kappa shape index (κ1) is 20.8. The summed E-state index contributed by atoms with van der Waals surface area (Å²) in [6.07, 6.45) is 3.22. The Morgan fingerprint density at radius 2 is 2.00 bits per heavy atom. The zero-order valence-corrected chi connectivity index (χ0v) is 17.4. The molecular formula is C23H30N4O2. The fourth-order valence-corrected chi connectivity index (χ4v) is 3.79. The van der Waals surface area contributed by atoms with Gasteiger partial charge in [0.1, 0.15) is 0 Å². The summed E-state index contributed by atoms with van der Waals surface area (Å²) >= 11 is 0. The molecule has 2 atom stereocenters. The number of aryl methyl sites for hydroxylation is 1. The number of carbonyl (C=O) groups excluding carboxylic acids is 2. The highest BCUT2D eigenvalue weighted by Crippen LogP contribution is 2.34. The van der Waals surface area contributed by atoms with Gasteiger partial charge in [-0.1, -0.05) is 35.9 Å². The van der Waals surface area contributed by atoms with Gasteiger partial charge in [-0.05, 0) is 51.3 Å². The number of carbonyl (C=O) groups is 2. The summed E-state index contributed by atoms with van der Waals surface area (Å²) in [5.74, 6) is -0.252. The van der Waals surface area contributed by atoms with Gasteiger partial charge in [0.25, 0.3) is 0 Å². The maximum Gasteiger partial charge on any atom is 0.318 e. The second-order valence-electron chi connectivity index (χ2n) is 8.00. The molecule has 1 fully saturated rings. The van der Waals surface area contributed by atoms with Crippen LogP contribution in [-0.4, -0.2) is 34.4 Å². The number of pyridine rings is 1. The van der Waals surface area contributed by atoms with Crippen LogP contribution in [-0.2, 0) is 11.3 Å². The zero-order valence-electron chi connectivity index (χ0n) is 17.4. The molecule has 0 aliphatic carbocycles. The number of amides is 3. The number of piperidine rings is 1. The molecule has 1 saturated heterocycles. The lowest BCUT2D eigenvalue weighted by atomic mass is 9.88. The van der Waals surface area contributed by atoms with Crippen molar-refractivity contribution in [2.45, 2.75) is 52.2 Å². The summed E-state index contributed by atoms with van der Waals surface area (Å²) in [6, 6.07) is 13.8. The summed E-state index contributed by atoms with van der Waals surface area (Å²) in [5, 5.41) is 5.96. The third-order valence-electron chi connectivity index (χ3n) is 5.22. The van der Waals surface area contributed by atoms with Gasteiger partial charge in [-0.2, -0.15) is 0 Å². The van der Waals surface area contributed by atoms with Crippen LogP contribution in [0.2, 0.25) is 0 Å². The Bertz CT molecular complexity index is 838. The molecule has 1 aromatic heterocycles. The van der Waals surface area contributed by atoms with Gasteiger partial charge in [0.15, 0.2) is 0 Å². The van der Waals surface area contributed by atoms with Crippen molar-refractivity contribution in [2.75, 3.05) is 6.54 Å². The van der Waals surface area contributed by atoms with E-state index in [1.165, 1.54) is 5.56 Å². The normalized spacial score (nSPS) is 19.1.